The van der Waals surface area contributed by atoms with E-state index in [1.165, 1.54) is 7.11 Å². The van der Waals surface area contributed by atoms with Crippen molar-refractivity contribution in [2.45, 2.75) is 13.5 Å². The summed E-state index contributed by atoms with van der Waals surface area (Å²) in [7, 11) is 1.33. The number of rotatable bonds is 10. The molecule has 38 heavy (non-hydrogen) atoms. The Bertz CT molecular complexity index is 1010. The van der Waals surface area contributed by atoms with Gasteiger partial charge in [-0.2, -0.15) is 0 Å². The summed E-state index contributed by atoms with van der Waals surface area (Å²) in [4.78, 5) is 40.7. The van der Waals surface area contributed by atoms with Gasteiger partial charge >= 0.3 is 23.9 Å². The van der Waals surface area contributed by atoms with Crippen LogP contribution in [0.25, 0.3) is 0 Å². The molecule has 0 fully saturated rings. The molecule has 0 heterocycles. The molecular weight excluding hydrogens is 492 g/mol. The normalized spacial score (nSPS) is 8.47. The molecular formula is C29H34O9. The van der Waals surface area contributed by atoms with Crippen LogP contribution in [0.1, 0.15) is 12.5 Å². The SMILES string of the molecule is C=C(C)C(=O)OC.C=CC(=O)O.C=CC(=O)OCCOc1ccccc1.C=CC(=O)OCc1ccccc1. The first-order chi connectivity index (χ1) is 18.1. The van der Waals surface area contributed by atoms with Crippen molar-refractivity contribution >= 4 is 23.9 Å². The van der Waals surface area contributed by atoms with Crippen molar-refractivity contribution in [2.24, 2.45) is 0 Å². The van der Waals surface area contributed by atoms with Crippen LogP contribution in [0.15, 0.2) is 111 Å². The molecule has 9 nitrogen and oxygen atoms in total. The van der Waals surface area contributed by atoms with Gasteiger partial charge in [-0.05, 0) is 24.6 Å². The topological polar surface area (TPSA) is 125 Å². The zero-order valence-corrected chi connectivity index (χ0v) is 21.7. The van der Waals surface area contributed by atoms with E-state index in [2.05, 4.69) is 31.1 Å². The minimum atomic E-state index is -0.981. The van der Waals surface area contributed by atoms with E-state index in [4.69, 9.17) is 19.3 Å². The summed E-state index contributed by atoms with van der Waals surface area (Å²) in [6, 6.07) is 18.9. The third-order valence-electron chi connectivity index (χ3n) is 3.61. The van der Waals surface area contributed by atoms with E-state index in [-0.39, 0.29) is 18.5 Å². The van der Waals surface area contributed by atoms with Crippen LogP contribution >= 0.6 is 0 Å². The van der Waals surface area contributed by atoms with Crippen molar-refractivity contribution in [1.82, 2.24) is 0 Å². The molecule has 0 aromatic heterocycles. The number of methoxy groups -OCH3 is 1. The Morgan fingerprint density at radius 2 is 1.26 bits per heavy atom. The average molecular weight is 527 g/mol. The molecule has 2 aromatic carbocycles. The number of hydrogen-bond donors (Lipinski definition) is 1. The van der Waals surface area contributed by atoms with Crippen LogP contribution in [0.3, 0.4) is 0 Å². The van der Waals surface area contributed by atoms with Gasteiger partial charge in [-0.1, -0.05) is 74.8 Å². The molecule has 0 bridgehead atoms. The van der Waals surface area contributed by atoms with Crippen molar-refractivity contribution in [2.75, 3.05) is 20.3 Å². The van der Waals surface area contributed by atoms with Crippen LogP contribution < -0.4 is 4.74 Å². The van der Waals surface area contributed by atoms with Crippen LogP contribution in [-0.4, -0.2) is 49.3 Å². The molecule has 0 saturated carbocycles. The summed E-state index contributed by atoms with van der Waals surface area (Å²) in [5.74, 6) is -1.38. The van der Waals surface area contributed by atoms with E-state index >= 15 is 0 Å². The molecule has 0 atom stereocenters. The summed E-state index contributed by atoms with van der Waals surface area (Å²) < 4.78 is 19.1. The number of esters is 3. The first-order valence-electron chi connectivity index (χ1n) is 11.0. The van der Waals surface area contributed by atoms with Crippen molar-refractivity contribution in [1.29, 1.82) is 0 Å². The molecule has 0 amide bonds. The average Bonchev–Trinajstić information content (AvgIpc) is 2.95. The van der Waals surface area contributed by atoms with Crippen molar-refractivity contribution in [3.8, 4) is 5.75 Å². The van der Waals surface area contributed by atoms with Gasteiger partial charge in [0.1, 0.15) is 25.6 Å². The molecule has 0 radical (unpaired) electrons. The maximum atomic E-state index is 10.6. The first-order valence-corrected chi connectivity index (χ1v) is 11.0. The maximum absolute atomic E-state index is 10.6. The summed E-state index contributed by atoms with van der Waals surface area (Å²) in [5.41, 5.74) is 1.41. The number of hydrogen-bond acceptors (Lipinski definition) is 8. The molecule has 0 aliphatic carbocycles. The van der Waals surface area contributed by atoms with Crippen molar-refractivity contribution in [3.63, 3.8) is 0 Å². The van der Waals surface area contributed by atoms with Gasteiger partial charge in [-0.15, -0.1) is 0 Å². The number of carbonyl (C=O) groups is 4. The fourth-order valence-electron chi connectivity index (χ4n) is 1.84. The molecule has 9 heteroatoms. The van der Waals surface area contributed by atoms with E-state index in [9.17, 15) is 19.2 Å². The Kier molecular flexibility index (Phi) is 22.1. The molecule has 2 aromatic rings. The van der Waals surface area contributed by atoms with Gasteiger partial charge in [-0.25, -0.2) is 19.2 Å². The Labute approximate surface area is 223 Å². The first kappa shape index (κ1) is 35.2. The molecule has 0 saturated heterocycles. The molecule has 1 N–H and O–H groups in total. The number of para-hydroxylation sites is 1. The van der Waals surface area contributed by atoms with Crippen LogP contribution in [0.4, 0.5) is 0 Å². The quantitative estimate of drug-likeness (QED) is 0.203. The van der Waals surface area contributed by atoms with Crippen LogP contribution in [-0.2, 0) is 40.0 Å². The molecule has 204 valence electrons. The number of carbonyl (C=O) groups excluding carboxylic acids is 3. The second kappa shape index (κ2) is 23.8. The third kappa shape index (κ3) is 22.9. The number of ether oxygens (including phenoxy) is 4. The summed E-state index contributed by atoms with van der Waals surface area (Å²) in [6.07, 6.45) is 3.12. The molecule has 0 spiro atoms. The monoisotopic (exact) mass is 526 g/mol. The number of carboxylic acids is 1. The lowest BCUT2D eigenvalue weighted by Gasteiger charge is -2.05. The highest BCUT2D eigenvalue weighted by Crippen LogP contribution is 2.07. The van der Waals surface area contributed by atoms with E-state index in [0.29, 0.717) is 18.8 Å². The predicted molar refractivity (Wildman–Crippen MR) is 144 cm³/mol. The van der Waals surface area contributed by atoms with Gasteiger partial charge in [-0.3, -0.25) is 0 Å². The maximum Gasteiger partial charge on any atom is 0.332 e. The summed E-state index contributed by atoms with van der Waals surface area (Å²) in [6.45, 7) is 15.4. The summed E-state index contributed by atoms with van der Waals surface area (Å²) in [5, 5.41) is 7.60. The molecule has 0 aliphatic heterocycles. The highest BCUT2D eigenvalue weighted by atomic mass is 16.6. The fraction of sp³-hybridized carbons (Fsp3) is 0.172. The standard InChI is InChI=1S/C11H12O3.C10H10O2.C5H8O2.C3H4O2/c1-2-11(12)14-9-8-13-10-6-4-3-5-7-10;1-2-10(11)12-8-9-6-4-3-5-7-9;1-4(2)5(6)7-3;1-2-3(4)5/h2-7H,1,8-9H2;2-7H,1,8H2;1H2,2-3H3;2H,1H2,(H,4,5). The van der Waals surface area contributed by atoms with E-state index in [1.54, 1.807) is 6.92 Å². The number of benzene rings is 2. The van der Waals surface area contributed by atoms with Crippen molar-refractivity contribution in [3.05, 3.63) is 116 Å². The minimum absolute atomic E-state index is 0.236. The van der Waals surface area contributed by atoms with Crippen LogP contribution in [0.5, 0.6) is 5.75 Å². The lowest BCUT2D eigenvalue weighted by molar-refractivity contribution is -0.139. The Morgan fingerprint density at radius 3 is 1.66 bits per heavy atom. The smallest absolute Gasteiger partial charge is 0.332 e. The Balaban J connectivity index is 0. The van der Waals surface area contributed by atoms with Gasteiger partial charge in [0.05, 0.1) is 7.11 Å². The van der Waals surface area contributed by atoms with E-state index < -0.39 is 11.9 Å². The van der Waals surface area contributed by atoms with Gasteiger partial charge in [0, 0.05) is 23.8 Å². The number of aliphatic carboxylic acids is 1. The minimum Gasteiger partial charge on any atom is -0.490 e. The highest BCUT2D eigenvalue weighted by molar-refractivity contribution is 5.86. The number of carboxylic acid groups (broad SMARTS) is 1. The van der Waals surface area contributed by atoms with E-state index in [0.717, 1.165) is 29.5 Å². The van der Waals surface area contributed by atoms with Gasteiger partial charge < -0.3 is 24.1 Å². The summed E-state index contributed by atoms with van der Waals surface area (Å²) >= 11 is 0. The lowest BCUT2D eigenvalue weighted by Crippen LogP contribution is -2.09. The van der Waals surface area contributed by atoms with Gasteiger partial charge in [0.15, 0.2) is 0 Å². The van der Waals surface area contributed by atoms with Crippen molar-refractivity contribution < 1.29 is 43.2 Å². The second-order valence-electron chi connectivity index (χ2n) is 6.64. The molecule has 0 aliphatic rings. The third-order valence-corrected chi connectivity index (χ3v) is 3.61. The Hall–Kier alpha value is -4.92. The van der Waals surface area contributed by atoms with Crippen LogP contribution in [0.2, 0.25) is 0 Å². The zero-order valence-electron chi connectivity index (χ0n) is 21.7. The van der Waals surface area contributed by atoms with E-state index in [1.807, 2.05) is 60.7 Å². The zero-order chi connectivity index (χ0) is 29.2. The van der Waals surface area contributed by atoms with Gasteiger partial charge in [0.2, 0.25) is 0 Å². The lowest BCUT2D eigenvalue weighted by atomic mass is 10.2. The predicted octanol–water partition coefficient (Wildman–Crippen LogP) is 4.70. The highest BCUT2D eigenvalue weighted by Gasteiger charge is 1.97. The Morgan fingerprint density at radius 1 is 0.789 bits per heavy atom. The fourth-order valence-corrected chi connectivity index (χ4v) is 1.84. The second-order valence-corrected chi connectivity index (χ2v) is 6.64. The molecule has 2 rings (SSSR count). The van der Waals surface area contributed by atoms with Crippen LogP contribution in [0, 0.1) is 0 Å². The molecule has 0 unspecified atom stereocenters. The largest absolute Gasteiger partial charge is 0.490 e. The van der Waals surface area contributed by atoms with Gasteiger partial charge in [0.25, 0.3) is 0 Å².